The lowest BCUT2D eigenvalue weighted by Gasteiger charge is -2.00. The topological polar surface area (TPSA) is 29.5 Å². The van der Waals surface area contributed by atoms with Gasteiger partial charge in [0.05, 0.1) is 21.1 Å². The maximum Gasteiger partial charge on any atom is 0.145 e. The van der Waals surface area contributed by atoms with Gasteiger partial charge in [0, 0.05) is 0 Å². The number of fused-ring (bicyclic) bond motifs is 1. The Morgan fingerprint density at radius 2 is 2.33 bits per heavy atom. The van der Waals surface area contributed by atoms with Crippen LogP contribution in [0.5, 0.6) is 11.5 Å². The van der Waals surface area contributed by atoms with Crippen LogP contribution in [0.4, 0.5) is 0 Å². The molecule has 2 nitrogen and oxygen atoms in total. The number of phenolic OH excluding ortho intramolecular Hbond substituents is 1. The summed E-state index contributed by atoms with van der Waals surface area (Å²) in [6, 6.07) is 3.65. The molecule has 1 atom stereocenters. The minimum atomic E-state index is -0.465. The molecular weight excluding hydrogens is 192 g/mol. The van der Waals surface area contributed by atoms with Crippen molar-refractivity contribution in [3.8, 4) is 11.5 Å². The molecular formula is C8H8O2S2. The second-order valence-electron chi connectivity index (χ2n) is 2.79. The molecule has 1 aliphatic heterocycles. The normalized spacial score (nSPS) is 20.2. The lowest BCUT2D eigenvalue weighted by atomic mass is 10.1. The van der Waals surface area contributed by atoms with Gasteiger partial charge in [-0.05, 0) is 35.8 Å². The van der Waals surface area contributed by atoms with Gasteiger partial charge in [-0.15, -0.1) is 0 Å². The average Bonchev–Trinajstić information content (AvgIpc) is 2.29. The molecule has 2 rings (SSSR count). The van der Waals surface area contributed by atoms with E-state index >= 15 is 0 Å². The van der Waals surface area contributed by atoms with Crippen molar-refractivity contribution >= 4 is 20.9 Å². The van der Waals surface area contributed by atoms with Gasteiger partial charge >= 0.3 is 0 Å². The van der Waals surface area contributed by atoms with Crippen LogP contribution in [0.25, 0.3) is 0 Å². The Balaban J connectivity index is 2.59. The van der Waals surface area contributed by atoms with Crippen LogP contribution in [0.3, 0.4) is 0 Å². The third-order valence-corrected chi connectivity index (χ3v) is 3.22. The molecule has 0 bridgehead atoms. The largest absolute Gasteiger partial charge is 0.507 e. The monoisotopic (exact) mass is 200 g/mol. The van der Waals surface area contributed by atoms with Crippen LogP contribution in [0.15, 0.2) is 12.1 Å². The second-order valence-corrected chi connectivity index (χ2v) is 4.97. The van der Waals surface area contributed by atoms with Crippen LogP contribution < -0.4 is 4.18 Å². The first-order valence-electron chi connectivity index (χ1n) is 3.56. The molecule has 4 heteroatoms. The van der Waals surface area contributed by atoms with Gasteiger partial charge in [0.25, 0.3) is 0 Å². The van der Waals surface area contributed by atoms with Crippen LogP contribution in [-0.2, 0) is 26.7 Å². The first kappa shape index (κ1) is 8.01. The minimum Gasteiger partial charge on any atom is -0.507 e. The third-order valence-electron chi connectivity index (χ3n) is 1.77. The van der Waals surface area contributed by atoms with Crippen LogP contribution in [0.1, 0.15) is 11.1 Å². The molecule has 0 amide bonds. The molecule has 0 spiro atoms. The fourth-order valence-electron chi connectivity index (χ4n) is 1.23. The molecule has 0 fully saturated rings. The summed E-state index contributed by atoms with van der Waals surface area (Å²) >= 11 is 5.00. The van der Waals surface area contributed by atoms with Crippen LogP contribution in [0, 0.1) is 6.92 Å². The van der Waals surface area contributed by atoms with E-state index in [1.165, 1.54) is 0 Å². The predicted molar refractivity (Wildman–Crippen MR) is 51.9 cm³/mol. The number of hydrogen-bond donors (Lipinski definition) is 1. The Morgan fingerprint density at radius 3 is 3.08 bits per heavy atom. The third kappa shape index (κ3) is 1.21. The highest BCUT2D eigenvalue weighted by molar-refractivity contribution is 8.26. The lowest BCUT2D eigenvalue weighted by Crippen LogP contribution is -1.88. The zero-order chi connectivity index (χ0) is 8.72. The quantitative estimate of drug-likeness (QED) is 0.689. The van der Waals surface area contributed by atoms with E-state index in [1.807, 2.05) is 13.0 Å². The van der Waals surface area contributed by atoms with Gasteiger partial charge in [-0.1, -0.05) is 0 Å². The van der Waals surface area contributed by atoms with E-state index in [2.05, 4.69) is 0 Å². The van der Waals surface area contributed by atoms with E-state index in [0.717, 1.165) is 16.9 Å². The van der Waals surface area contributed by atoms with Gasteiger partial charge < -0.3 is 9.29 Å². The summed E-state index contributed by atoms with van der Waals surface area (Å²) in [6.07, 6.45) is 0. The number of hydrogen-bond acceptors (Lipinski definition) is 3. The Kier molecular flexibility index (Phi) is 1.81. The number of rotatable bonds is 0. The van der Waals surface area contributed by atoms with Gasteiger partial charge in [-0.25, -0.2) is 0 Å². The molecule has 0 aliphatic carbocycles. The minimum absolute atomic E-state index is 0.310. The summed E-state index contributed by atoms with van der Waals surface area (Å²) in [5.41, 5.74) is 1.86. The van der Waals surface area contributed by atoms with Crippen molar-refractivity contribution in [3.05, 3.63) is 23.3 Å². The zero-order valence-corrected chi connectivity index (χ0v) is 8.17. The van der Waals surface area contributed by atoms with Crippen molar-refractivity contribution in [3.63, 3.8) is 0 Å². The maximum absolute atomic E-state index is 9.51. The molecule has 64 valence electrons. The Hall–Kier alpha value is -0.610. The molecule has 0 saturated heterocycles. The van der Waals surface area contributed by atoms with Gasteiger partial charge in [0.1, 0.15) is 11.5 Å². The lowest BCUT2D eigenvalue weighted by molar-refractivity contribution is 0.468. The molecule has 0 saturated carbocycles. The first-order chi connectivity index (χ1) is 5.66. The van der Waals surface area contributed by atoms with E-state index in [-0.39, 0.29) is 0 Å². The Labute approximate surface area is 78.0 Å². The number of aryl methyl sites for hydroxylation is 1. The van der Waals surface area contributed by atoms with Crippen LogP contribution in [0.2, 0.25) is 0 Å². The summed E-state index contributed by atoms with van der Waals surface area (Å²) in [7, 11) is -0.465. The molecule has 12 heavy (non-hydrogen) atoms. The van der Waals surface area contributed by atoms with E-state index in [1.54, 1.807) is 6.07 Å². The number of benzene rings is 1. The maximum atomic E-state index is 9.51. The highest BCUT2D eigenvalue weighted by atomic mass is 32.8. The fourth-order valence-corrected chi connectivity index (χ4v) is 2.74. The van der Waals surface area contributed by atoms with Crippen molar-refractivity contribution in [1.29, 1.82) is 0 Å². The second kappa shape index (κ2) is 2.71. The molecule has 1 aromatic rings. The van der Waals surface area contributed by atoms with Crippen molar-refractivity contribution in [2.75, 3.05) is 0 Å². The summed E-state index contributed by atoms with van der Waals surface area (Å²) in [5.74, 6) is 1.73. The van der Waals surface area contributed by atoms with Crippen molar-refractivity contribution < 1.29 is 9.29 Å². The fraction of sp³-hybridized carbons (Fsp3) is 0.250. The highest BCUT2D eigenvalue weighted by Crippen LogP contribution is 2.35. The molecule has 0 radical (unpaired) electrons. The van der Waals surface area contributed by atoms with E-state index < -0.39 is 9.74 Å². The van der Waals surface area contributed by atoms with Crippen molar-refractivity contribution in [1.82, 2.24) is 0 Å². The van der Waals surface area contributed by atoms with Crippen molar-refractivity contribution in [2.24, 2.45) is 0 Å². The van der Waals surface area contributed by atoms with E-state index in [0.29, 0.717) is 11.5 Å². The van der Waals surface area contributed by atoms with E-state index in [9.17, 15) is 5.11 Å². The molecule has 1 N–H and O–H groups in total. The smallest absolute Gasteiger partial charge is 0.145 e. The predicted octanol–water partition coefficient (Wildman–Crippen LogP) is 1.59. The SMILES string of the molecule is Cc1cc(O)c2c(c1)OS(=S)C2. The van der Waals surface area contributed by atoms with Crippen LogP contribution in [-0.4, -0.2) is 5.11 Å². The molecule has 1 aromatic carbocycles. The number of aromatic hydroxyl groups is 1. The summed E-state index contributed by atoms with van der Waals surface area (Å²) in [6.45, 7) is 1.92. The molecule has 1 aliphatic rings. The highest BCUT2D eigenvalue weighted by Gasteiger charge is 2.20. The molecule has 0 aromatic heterocycles. The number of phenols is 1. The summed E-state index contributed by atoms with van der Waals surface area (Å²) in [5, 5.41) is 9.51. The van der Waals surface area contributed by atoms with Gasteiger partial charge in [-0.2, -0.15) is 0 Å². The summed E-state index contributed by atoms with van der Waals surface area (Å²) < 4.78 is 5.35. The molecule has 1 unspecified atom stereocenters. The Morgan fingerprint density at radius 1 is 1.58 bits per heavy atom. The summed E-state index contributed by atoms with van der Waals surface area (Å²) in [4.78, 5) is 0. The zero-order valence-electron chi connectivity index (χ0n) is 6.53. The van der Waals surface area contributed by atoms with Crippen molar-refractivity contribution in [2.45, 2.75) is 12.7 Å². The first-order valence-corrected chi connectivity index (χ1v) is 5.80. The Bertz CT molecular complexity index is 360. The van der Waals surface area contributed by atoms with Gasteiger partial charge in [-0.3, -0.25) is 0 Å². The van der Waals surface area contributed by atoms with E-state index in [4.69, 9.17) is 15.4 Å². The van der Waals surface area contributed by atoms with Gasteiger partial charge in [0.15, 0.2) is 0 Å². The average molecular weight is 200 g/mol. The molecule has 1 heterocycles. The van der Waals surface area contributed by atoms with Crippen LogP contribution >= 0.6 is 0 Å². The standard InChI is InChI=1S/C8H8O2S2/c1-5-2-7(9)6-4-12(11)10-8(6)3-5/h2-3,9H,4H2,1H3. The van der Waals surface area contributed by atoms with Gasteiger partial charge in [0.2, 0.25) is 0 Å².